The minimum absolute atomic E-state index is 0.171. The molecule has 2 amide bonds. The number of methoxy groups -OCH3 is 2. The van der Waals surface area contributed by atoms with Crippen molar-refractivity contribution in [3.63, 3.8) is 0 Å². The second kappa shape index (κ2) is 10.7. The van der Waals surface area contributed by atoms with E-state index in [0.717, 1.165) is 21.3 Å². The highest BCUT2D eigenvalue weighted by atomic mass is 79.9. The van der Waals surface area contributed by atoms with Crippen molar-refractivity contribution in [2.24, 2.45) is 0 Å². The first-order chi connectivity index (χ1) is 18.4. The number of fused-ring (bicyclic) bond motifs is 1. The minimum Gasteiger partial charge on any atom is -0.497 e. The summed E-state index contributed by atoms with van der Waals surface area (Å²) in [5.74, 6) is 0.325. The second-order valence-electron chi connectivity index (χ2n) is 9.10. The molecule has 0 spiro atoms. The van der Waals surface area contributed by atoms with E-state index in [1.54, 1.807) is 25.2 Å². The zero-order chi connectivity index (χ0) is 26.8. The third-order valence-electron chi connectivity index (χ3n) is 6.88. The maximum absolute atomic E-state index is 14.2. The summed E-state index contributed by atoms with van der Waals surface area (Å²) in [6.45, 7) is 1.95. The van der Waals surface area contributed by atoms with Crippen LogP contribution in [0, 0.1) is 6.92 Å². The van der Waals surface area contributed by atoms with E-state index >= 15 is 0 Å². The SMILES string of the molecule is COc1ccc([C@@H]2[C@H](C(=O)Nc3ccc(Br)cc3C)c3ccccc3C(=O)N2c2ccc(OC)cc2)cc1. The van der Waals surface area contributed by atoms with Crippen LogP contribution in [0.4, 0.5) is 11.4 Å². The van der Waals surface area contributed by atoms with Crippen molar-refractivity contribution in [1.29, 1.82) is 0 Å². The summed E-state index contributed by atoms with van der Waals surface area (Å²) in [5, 5.41) is 3.13. The normalized spacial score (nSPS) is 16.5. The first-order valence-electron chi connectivity index (χ1n) is 12.2. The molecule has 4 aromatic rings. The smallest absolute Gasteiger partial charge is 0.259 e. The van der Waals surface area contributed by atoms with Crippen molar-refractivity contribution < 1.29 is 19.1 Å². The van der Waals surface area contributed by atoms with Crippen LogP contribution in [0.2, 0.25) is 0 Å². The van der Waals surface area contributed by atoms with E-state index in [2.05, 4.69) is 21.2 Å². The number of amides is 2. The van der Waals surface area contributed by atoms with Gasteiger partial charge in [-0.1, -0.05) is 46.3 Å². The lowest BCUT2D eigenvalue weighted by molar-refractivity contribution is -0.118. The molecule has 2 atom stereocenters. The van der Waals surface area contributed by atoms with Crippen molar-refractivity contribution in [3.8, 4) is 11.5 Å². The van der Waals surface area contributed by atoms with Gasteiger partial charge < -0.3 is 14.8 Å². The maximum atomic E-state index is 14.2. The molecule has 0 aliphatic carbocycles. The van der Waals surface area contributed by atoms with Crippen LogP contribution in [-0.4, -0.2) is 26.0 Å². The van der Waals surface area contributed by atoms with Gasteiger partial charge in [0, 0.05) is 21.4 Å². The molecular formula is C31H27BrN2O4. The molecule has 6 nitrogen and oxygen atoms in total. The lowest BCUT2D eigenvalue weighted by Crippen LogP contribution is -2.46. The van der Waals surface area contributed by atoms with Crippen LogP contribution >= 0.6 is 15.9 Å². The number of hydrogen-bond donors (Lipinski definition) is 1. The van der Waals surface area contributed by atoms with E-state index in [1.807, 2.05) is 91.9 Å². The molecule has 0 fully saturated rings. The summed E-state index contributed by atoms with van der Waals surface area (Å²) >= 11 is 3.49. The van der Waals surface area contributed by atoms with Gasteiger partial charge in [-0.05, 0) is 84.3 Å². The van der Waals surface area contributed by atoms with Crippen LogP contribution < -0.4 is 19.7 Å². The number of nitrogens with one attached hydrogen (secondary N) is 1. The third kappa shape index (κ3) is 4.77. The number of carbonyl (C=O) groups excluding carboxylic acids is 2. The average molecular weight is 571 g/mol. The molecule has 7 heteroatoms. The topological polar surface area (TPSA) is 67.9 Å². The van der Waals surface area contributed by atoms with Crippen molar-refractivity contribution in [2.45, 2.75) is 18.9 Å². The van der Waals surface area contributed by atoms with E-state index in [0.29, 0.717) is 28.3 Å². The molecule has 0 saturated heterocycles. The van der Waals surface area contributed by atoms with E-state index in [1.165, 1.54) is 0 Å². The molecule has 0 unspecified atom stereocenters. The lowest BCUT2D eigenvalue weighted by atomic mass is 9.78. The highest BCUT2D eigenvalue weighted by Gasteiger charge is 2.45. The summed E-state index contributed by atoms with van der Waals surface area (Å²) in [6.07, 6.45) is 0. The quantitative estimate of drug-likeness (QED) is 0.274. The standard InChI is InChI=1S/C31H27BrN2O4/c1-19-18-21(32)10-17-27(19)33-30(35)28-25-6-4-5-7-26(25)31(36)34(22-11-15-24(38-3)16-12-22)29(28)20-8-13-23(37-2)14-9-20/h4-18,28-29H,1-3H3,(H,33,35)/t28-,29-/m1/s1. The Morgan fingerprint density at radius 3 is 2.13 bits per heavy atom. The van der Waals surface area contributed by atoms with Gasteiger partial charge in [0.2, 0.25) is 5.91 Å². The summed E-state index contributed by atoms with van der Waals surface area (Å²) in [6, 6.07) is 27.3. The number of carbonyl (C=O) groups is 2. The fourth-order valence-electron chi connectivity index (χ4n) is 4.96. The Balaban J connectivity index is 1.68. The van der Waals surface area contributed by atoms with E-state index in [-0.39, 0.29) is 11.8 Å². The Labute approximate surface area is 230 Å². The Bertz CT molecular complexity index is 1490. The molecule has 192 valence electrons. The number of anilines is 2. The summed E-state index contributed by atoms with van der Waals surface area (Å²) in [5.41, 5.74) is 4.33. The number of halogens is 1. The van der Waals surface area contributed by atoms with Crippen LogP contribution in [-0.2, 0) is 4.79 Å². The summed E-state index contributed by atoms with van der Waals surface area (Å²) in [7, 11) is 3.21. The molecule has 1 aliphatic rings. The molecular weight excluding hydrogens is 544 g/mol. The minimum atomic E-state index is -0.678. The third-order valence-corrected chi connectivity index (χ3v) is 7.37. The predicted molar refractivity (Wildman–Crippen MR) is 152 cm³/mol. The zero-order valence-corrected chi connectivity index (χ0v) is 22.9. The van der Waals surface area contributed by atoms with Crippen LogP contribution in [0.25, 0.3) is 0 Å². The molecule has 1 heterocycles. The van der Waals surface area contributed by atoms with Gasteiger partial charge in [-0.15, -0.1) is 0 Å². The van der Waals surface area contributed by atoms with Crippen molar-refractivity contribution in [1.82, 2.24) is 0 Å². The molecule has 5 rings (SSSR count). The van der Waals surface area contributed by atoms with Gasteiger partial charge in [0.15, 0.2) is 0 Å². The number of benzene rings is 4. The molecule has 0 bridgehead atoms. The van der Waals surface area contributed by atoms with Gasteiger partial charge in [-0.2, -0.15) is 0 Å². The van der Waals surface area contributed by atoms with Gasteiger partial charge in [0.05, 0.1) is 26.2 Å². The van der Waals surface area contributed by atoms with E-state index in [9.17, 15) is 9.59 Å². The summed E-state index contributed by atoms with van der Waals surface area (Å²) < 4.78 is 11.6. The highest BCUT2D eigenvalue weighted by molar-refractivity contribution is 9.10. The summed E-state index contributed by atoms with van der Waals surface area (Å²) in [4.78, 5) is 29.9. The lowest BCUT2D eigenvalue weighted by Gasteiger charge is -2.42. The van der Waals surface area contributed by atoms with Gasteiger partial charge >= 0.3 is 0 Å². The first kappa shape index (κ1) is 25.5. The maximum Gasteiger partial charge on any atom is 0.259 e. The Morgan fingerprint density at radius 2 is 1.50 bits per heavy atom. The number of aryl methyl sites for hydroxylation is 1. The van der Waals surface area contributed by atoms with Gasteiger partial charge in [-0.3, -0.25) is 14.5 Å². The molecule has 0 saturated carbocycles. The molecule has 1 N–H and O–H groups in total. The zero-order valence-electron chi connectivity index (χ0n) is 21.3. The van der Waals surface area contributed by atoms with Crippen molar-refractivity contribution in [2.75, 3.05) is 24.4 Å². The van der Waals surface area contributed by atoms with E-state index in [4.69, 9.17) is 9.47 Å². The fourth-order valence-corrected chi connectivity index (χ4v) is 5.44. The van der Waals surface area contributed by atoms with Crippen molar-refractivity contribution >= 4 is 39.1 Å². The van der Waals surface area contributed by atoms with E-state index < -0.39 is 12.0 Å². The molecule has 0 radical (unpaired) electrons. The average Bonchev–Trinajstić information content (AvgIpc) is 2.94. The van der Waals surface area contributed by atoms with Crippen LogP contribution in [0.5, 0.6) is 11.5 Å². The predicted octanol–water partition coefficient (Wildman–Crippen LogP) is 6.90. The Hall–Kier alpha value is -4.10. The fraction of sp³-hybridized carbons (Fsp3) is 0.161. The number of nitrogens with zero attached hydrogens (tertiary/aromatic N) is 1. The number of hydrogen-bond acceptors (Lipinski definition) is 4. The molecule has 4 aromatic carbocycles. The molecule has 38 heavy (non-hydrogen) atoms. The molecule has 0 aromatic heterocycles. The number of rotatable bonds is 6. The van der Waals surface area contributed by atoms with Crippen LogP contribution in [0.1, 0.15) is 39.0 Å². The Kier molecular flexibility index (Phi) is 7.20. The van der Waals surface area contributed by atoms with Crippen LogP contribution in [0.15, 0.2) is 95.5 Å². The van der Waals surface area contributed by atoms with Gasteiger partial charge in [0.25, 0.3) is 5.91 Å². The van der Waals surface area contributed by atoms with Crippen LogP contribution in [0.3, 0.4) is 0 Å². The van der Waals surface area contributed by atoms with Gasteiger partial charge in [-0.25, -0.2) is 0 Å². The first-order valence-corrected chi connectivity index (χ1v) is 13.0. The number of ether oxygens (including phenoxy) is 2. The van der Waals surface area contributed by atoms with Gasteiger partial charge in [0.1, 0.15) is 11.5 Å². The molecule has 1 aliphatic heterocycles. The van der Waals surface area contributed by atoms with Crippen molar-refractivity contribution in [3.05, 3.63) is 118 Å². The largest absolute Gasteiger partial charge is 0.497 e. The highest BCUT2D eigenvalue weighted by Crippen LogP contribution is 2.46. The Morgan fingerprint density at radius 1 is 0.868 bits per heavy atom. The second-order valence-corrected chi connectivity index (χ2v) is 10.0. The monoisotopic (exact) mass is 570 g/mol.